The monoisotopic (exact) mass is 444 g/mol. The molecule has 3 aromatic heterocycles. The van der Waals surface area contributed by atoms with Crippen LogP contribution in [-0.2, 0) is 4.74 Å². The van der Waals surface area contributed by atoms with Gasteiger partial charge in [-0.05, 0) is 63.0 Å². The van der Waals surface area contributed by atoms with Crippen LogP contribution >= 0.6 is 0 Å². The van der Waals surface area contributed by atoms with Crippen molar-refractivity contribution in [2.24, 2.45) is 0 Å². The van der Waals surface area contributed by atoms with Gasteiger partial charge in [0.25, 0.3) is 5.56 Å². The van der Waals surface area contributed by atoms with Crippen LogP contribution in [-0.4, -0.2) is 30.7 Å². The number of fused-ring (bicyclic) bond motifs is 2. The summed E-state index contributed by atoms with van der Waals surface area (Å²) in [6, 6.07) is 8.32. The predicted octanol–water partition coefficient (Wildman–Crippen LogP) is 4.66. The van der Waals surface area contributed by atoms with Crippen molar-refractivity contribution in [3.63, 3.8) is 0 Å². The number of nitrogens with zero attached hydrogens (tertiary/aromatic N) is 5. The SMILES string of the molecule is Cc1cccc2cc([C@H](C)Nc3ncnc4c3ncn4C3CCCCO3)n(C3CC3)c(=O)c12. The Kier molecular flexibility index (Phi) is 4.90. The third-order valence-corrected chi connectivity index (χ3v) is 6.85. The topological polar surface area (TPSA) is 86.9 Å². The molecule has 33 heavy (non-hydrogen) atoms. The van der Waals surface area contributed by atoms with E-state index in [9.17, 15) is 4.79 Å². The van der Waals surface area contributed by atoms with Crippen LogP contribution in [0, 0.1) is 6.92 Å². The van der Waals surface area contributed by atoms with Crippen molar-refractivity contribution < 1.29 is 4.74 Å². The van der Waals surface area contributed by atoms with Gasteiger partial charge in [-0.1, -0.05) is 18.2 Å². The lowest BCUT2D eigenvalue weighted by Crippen LogP contribution is -2.26. The lowest BCUT2D eigenvalue weighted by molar-refractivity contribution is -0.0298. The summed E-state index contributed by atoms with van der Waals surface area (Å²) in [5.74, 6) is 0.668. The smallest absolute Gasteiger partial charge is 0.259 e. The average molecular weight is 445 g/mol. The number of imidazole rings is 1. The summed E-state index contributed by atoms with van der Waals surface area (Å²) < 4.78 is 9.93. The van der Waals surface area contributed by atoms with Crippen molar-refractivity contribution in [3.8, 4) is 0 Å². The summed E-state index contributed by atoms with van der Waals surface area (Å²) in [4.78, 5) is 27.1. The highest BCUT2D eigenvalue weighted by Gasteiger charge is 2.30. The van der Waals surface area contributed by atoms with Crippen LogP contribution in [0.4, 0.5) is 5.82 Å². The minimum absolute atomic E-state index is 0.0345. The zero-order valence-corrected chi connectivity index (χ0v) is 19.0. The minimum atomic E-state index is -0.127. The van der Waals surface area contributed by atoms with Crippen LogP contribution in [0.25, 0.3) is 21.9 Å². The number of rotatable bonds is 5. The van der Waals surface area contributed by atoms with E-state index in [4.69, 9.17) is 4.74 Å². The third kappa shape index (κ3) is 3.49. The Morgan fingerprint density at radius 3 is 2.82 bits per heavy atom. The summed E-state index contributed by atoms with van der Waals surface area (Å²) in [5.41, 5.74) is 3.58. The van der Waals surface area contributed by atoms with E-state index < -0.39 is 0 Å². The molecule has 0 bridgehead atoms. The molecular weight excluding hydrogens is 416 g/mol. The van der Waals surface area contributed by atoms with Gasteiger partial charge in [0.15, 0.2) is 17.0 Å². The number of ether oxygens (including phenoxy) is 1. The van der Waals surface area contributed by atoms with E-state index >= 15 is 0 Å². The Hall–Kier alpha value is -3.26. The Morgan fingerprint density at radius 1 is 1.15 bits per heavy atom. The van der Waals surface area contributed by atoms with E-state index in [-0.39, 0.29) is 23.9 Å². The fourth-order valence-electron chi connectivity index (χ4n) is 5.00. The molecule has 1 aliphatic heterocycles. The zero-order valence-electron chi connectivity index (χ0n) is 19.0. The molecular formula is C25H28N6O2. The first-order valence-corrected chi connectivity index (χ1v) is 11.8. The van der Waals surface area contributed by atoms with Gasteiger partial charge in [-0.2, -0.15) is 0 Å². The average Bonchev–Trinajstić information content (AvgIpc) is 3.57. The predicted molar refractivity (Wildman–Crippen MR) is 127 cm³/mol. The van der Waals surface area contributed by atoms with Gasteiger partial charge in [-0.15, -0.1) is 0 Å². The van der Waals surface area contributed by atoms with E-state index in [1.165, 1.54) is 0 Å². The number of aromatic nitrogens is 5. The number of hydrogen-bond acceptors (Lipinski definition) is 6. The van der Waals surface area contributed by atoms with Gasteiger partial charge >= 0.3 is 0 Å². The number of anilines is 1. The number of aryl methyl sites for hydroxylation is 1. The Balaban J connectivity index is 1.39. The molecule has 170 valence electrons. The Bertz CT molecular complexity index is 1400. The molecule has 4 aromatic rings. The summed E-state index contributed by atoms with van der Waals surface area (Å²) in [6.07, 6.45) is 8.60. The summed E-state index contributed by atoms with van der Waals surface area (Å²) >= 11 is 0. The van der Waals surface area contributed by atoms with Crippen molar-refractivity contribution in [3.05, 3.63) is 58.5 Å². The maximum atomic E-state index is 13.5. The second-order valence-corrected chi connectivity index (χ2v) is 9.25. The van der Waals surface area contributed by atoms with E-state index in [1.54, 1.807) is 12.7 Å². The highest BCUT2D eigenvalue weighted by molar-refractivity contribution is 5.86. The fraction of sp³-hybridized carbons (Fsp3) is 0.440. The highest BCUT2D eigenvalue weighted by Crippen LogP contribution is 2.37. The molecule has 1 unspecified atom stereocenters. The first-order valence-electron chi connectivity index (χ1n) is 11.8. The van der Waals surface area contributed by atoms with Gasteiger partial charge in [0.2, 0.25) is 0 Å². The first kappa shape index (κ1) is 20.4. The molecule has 8 nitrogen and oxygen atoms in total. The summed E-state index contributed by atoms with van der Waals surface area (Å²) in [5, 5.41) is 5.31. The second kappa shape index (κ2) is 7.95. The van der Waals surface area contributed by atoms with E-state index in [2.05, 4.69) is 33.3 Å². The normalized spacial score (nSPS) is 19.8. The van der Waals surface area contributed by atoms with Crippen molar-refractivity contribution in [1.82, 2.24) is 24.1 Å². The van der Waals surface area contributed by atoms with Crippen LogP contribution in [0.3, 0.4) is 0 Å². The van der Waals surface area contributed by atoms with Crippen LogP contribution in [0.15, 0.2) is 41.7 Å². The molecule has 0 spiro atoms. The van der Waals surface area contributed by atoms with Crippen molar-refractivity contribution >= 4 is 27.8 Å². The molecule has 1 saturated carbocycles. The molecule has 0 radical (unpaired) electrons. The Labute approximate surface area is 191 Å². The van der Waals surface area contributed by atoms with E-state index in [0.29, 0.717) is 5.82 Å². The molecule has 2 atom stereocenters. The number of nitrogens with one attached hydrogen (secondary N) is 1. The molecule has 1 aromatic carbocycles. The quantitative estimate of drug-likeness (QED) is 0.482. The molecule has 4 heterocycles. The van der Waals surface area contributed by atoms with Gasteiger partial charge < -0.3 is 14.6 Å². The minimum Gasteiger partial charge on any atom is -0.360 e. The third-order valence-electron chi connectivity index (χ3n) is 6.85. The molecule has 6 rings (SSSR count). The Morgan fingerprint density at radius 2 is 2.03 bits per heavy atom. The standard InChI is InChI=1S/C25H28N6O2/c1-15-6-5-7-17-12-19(31(18-9-10-18)25(32)21(15)17)16(2)29-23-22-24(27-13-26-23)30(14-28-22)20-8-3-4-11-33-20/h5-7,12-14,16,18,20H,3-4,8-11H2,1-2H3,(H,26,27,29)/t16-,20?/m0/s1. The largest absolute Gasteiger partial charge is 0.360 e. The van der Waals surface area contributed by atoms with Crippen molar-refractivity contribution in [1.29, 1.82) is 0 Å². The van der Waals surface area contributed by atoms with Crippen LogP contribution in [0.5, 0.6) is 0 Å². The van der Waals surface area contributed by atoms with Crippen LogP contribution in [0.1, 0.15) is 68.6 Å². The lowest BCUT2D eigenvalue weighted by Gasteiger charge is -2.24. The molecule has 1 aliphatic carbocycles. The molecule has 1 saturated heterocycles. The summed E-state index contributed by atoms with van der Waals surface area (Å²) in [7, 11) is 0. The fourth-order valence-corrected chi connectivity index (χ4v) is 5.00. The zero-order chi connectivity index (χ0) is 22.5. The van der Waals surface area contributed by atoms with Crippen molar-refractivity contribution in [2.45, 2.75) is 64.3 Å². The number of benzene rings is 1. The van der Waals surface area contributed by atoms with Gasteiger partial charge in [-0.25, -0.2) is 15.0 Å². The van der Waals surface area contributed by atoms with Crippen LogP contribution < -0.4 is 10.9 Å². The second-order valence-electron chi connectivity index (χ2n) is 9.25. The molecule has 2 aliphatic rings. The van der Waals surface area contributed by atoms with Gasteiger partial charge in [-0.3, -0.25) is 9.36 Å². The highest BCUT2D eigenvalue weighted by atomic mass is 16.5. The maximum Gasteiger partial charge on any atom is 0.259 e. The summed E-state index contributed by atoms with van der Waals surface area (Å²) in [6.45, 7) is 4.84. The van der Waals surface area contributed by atoms with Crippen LogP contribution in [0.2, 0.25) is 0 Å². The molecule has 2 fully saturated rings. The first-order chi connectivity index (χ1) is 16.1. The van der Waals surface area contributed by atoms with Gasteiger partial charge in [0.1, 0.15) is 12.6 Å². The molecule has 0 amide bonds. The number of hydrogen-bond donors (Lipinski definition) is 1. The van der Waals surface area contributed by atoms with E-state index in [0.717, 1.165) is 71.9 Å². The molecule has 8 heteroatoms. The van der Waals surface area contributed by atoms with Crippen molar-refractivity contribution in [2.75, 3.05) is 11.9 Å². The lowest BCUT2D eigenvalue weighted by atomic mass is 10.0. The van der Waals surface area contributed by atoms with E-state index in [1.807, 2.05) is 34.3 Å². The van der Waals surface area contributed by atoms with Gasteiger partial charge in [0.05, 0.1) is 17.8 Å². The maximum absolute atomic E-state index is 13.5. The van der Waals surface area contributed by atoms with Gasteiger partial charge in [0, 0.05) is 18.3 Å². The number of pyridine rings is 1. The molecule has 1 N–H and O–H groups in total.